The molecule has 1 N–H and O–H groups in total. The molecule has 0 unspecified atom stereocenters. The first-order valence-electron chi connectivity index (χ1n) is 7.75. The summed E-state index contributed by atoms with van der Waals surface area (Å²) in [5.41, 5.74) is 0.682. The lowest BCUT2D eigenvalue weighted by atomic mass is 10.2. The van der Waals surface area contributed by atoms with Gasteiger partial charge < -0.3 is 14.8 Å². The van der Waals surface area contributed by atoms with Crippen LogP contribution in [0.5, 0.6) is 11.5 Å². The molecule has 134 valence electrons. The largest absolute Gasteiger partial charge is 0.497 e. The highest BCUT2D eigenvalue weighted by molar-refractivity contribution is 7.90. The van der Waals surface area contributed by atoms with Gasteiger partial charge in [0.25, 0.3) is 0 Å². The number of methoxy groups -OCH3 is 1. The van der Waals surface area contributed by atoms with Crippen LogP contribution < -0.4 is 14.8 Å². The number of nitrogens with one attached hydrogen (secondary N) is 1. The van der Waals surface area contributed by atoms with Crippen molar-refractivity contribution in [1.82, 2.24) is 0 Å². The molecule has 0 atom stereocenters. The Morgan fingerprint density at radius 1 is 1.08 bits per heavy atom. The lowest BCUT2D eigenvalue weighted by molar-refractivity contribution is -0.116. The highest BCUT2D eigenvalue weighted by Gasteiger charge is 2.07. The topological polar surface area (TPSA) is 81.7 Å². The van der Waals surface area contributed by atoms with E-state index < -0.39 is 9.84 Å². The van der Waals surface area contributed by atoms with Crippen LogP contribution in [-0.2, 0) is 14.6 Å². The molecule has 25 heavy (non-hydrogen) atoms. The van der Waals surface area contributed by atoms with Gasteiger partial charge >= 0.3 is 0 Å². The maximum atomic E-state index is 11.9. The van der Waals surface area contributed by atoms with Crippen molar-refractivity contribution in [3.05, 3.63) is 48.5 Å². The minimum Gasteiger partial charge on any atom is -0.497 e. The molecule has 1 amide bonds. The number of sulfone groups is 1. The predicted octanol–water partition coefficient (Wildman–Crippen LogP) is 2.90. The van der Waals surface area contributed by atoms with Crippen LogP contribution in [0.15, 0.2) is 53.4 Å². The van der Waals surface area contributed by atoms with Gasteiger partial charge in [-0.05, 0) is 42.8 Å². The third kappa shape index (κ3) is 6.11. The third-order valence-electron chi connectivity index (χ3n) is 3.42. The molecule has 2 aromatic carbocycles. The van der Waals surface area contributed by atoms with Crippen LogP contribution in [0.25, 0.3) is 0 Å². The maximum Gasteiger partial charge on any atom is 0.224 e. The van der Waals surface area contributed by atoms with Gasteiger partial charge in [0.15, 0.2) is 9.84 Å². The van der Waals surface area contributed by atoms with E-state index >= 15 is 0 Å². The summed E-state index contributed by atoms with van der Waals surface area (Å²) in [5.74, 6) is 1.14. The van der Waals surface area contributed by atoms with Crippen LogP contribution in [0, 0.1) is 0 Å². The summed E-state index contributed by atoms with van der Waals surface area (Å²) in [6.07, 6.45) is 2.02. The molecule has 2 aromatic rings. The van der Waals surface area contributed by atoms with Crippen LogP contribution in [0.1, 0.15) is 12.8 Å². The number of hydrogen-bond donors (Lipinski definition) is 1. The van der Waals surface area contributed by atoms with Crippen molar-refractivity contribution in [1.29, 1.82) is 0 Å². The predicted molar refractivity (Wildman–Crippen MR) is 95.9 cm³/mol. The van der Waals surface area contributed by atoms with Gasteiger partial charge in [-0.2, -0.15) is 0 Å². The zero-order chi connectivity index (χ0) is 18.3. The van der Waals surface area contributed by atoms with Crippen LogP contribution in [0.4, 0.5) is 5.69 Å². The van der Waals surface area contributed by atoms with Crippen molar-refractivity contribution in [2.75, 3.05) is 25.3 Å². The van der Waals surface area contributed by atoms with Crippen LogP contribution in [0.3, 0.4) is 0 Å². The molecule has 2 rings (SSSR count). The van der Waals surface area contributed by atoms with Gasteiger partial charge in [-0.25, -0.2) is 8.42 Å². The first-order valence-corrected chi connectivity index (χ1v) is 9.64. The van der Waals surface area contributed by atoms with Crippen molar-refractivity contribution >= 4 is 21.4 Å². The minimum absolute atomic E-state index is 0.107. The first kappa shape index (κ1) is 18.8. The van der Waals surface area contributed by atoms with Crippen molar-refractivity contribution in [2.24, 2.45) is 0 Å². The fraction of sp³-hybridized carbons (Fsp3) is 0.278. The molecule has 0 saturated carbocycles. The van der Waals surface area contributed by atoms with E-state index in [4.69, 9.17) is 9.47 Å². The Kier molecular flexibility index (Phi) is 6.41. The molecular weight excluding hydrogens is 342 g/mol. The Balaban J connectivity index is 1.74. The fourth-order valence-corrected chi connectivity index (χ4v) is 2.76. The summed E-state index contributed by atoms with van der Waals surface area (Å²) in [4.78, 5) is 12.2. The summed E-state index contributed by atoms with van der Waals surface area (Å²) in [6, 6.07) is 13.4. The van der Waals surface area contributed by atoms with Gasteiger partial charge in [-0.1, -0.05) is 6.07 Å². The number of benzene rings is 2. The SMILES string of the molecule is COc1cccc(NC(=O)CCCOc2ccc(S(C)(=O)=O)cc2)c1. The molecule has 0 bridgehead atoms. The highest BCUT2D eigenvalue weighted by Crippen LogP contribution is 2.18. The third-order valence-corrected chi connectivity index (χ3v) is 4.55. The second kappa shape index (κ2) is 8.53. The monoisotopic (exact) mass is 363 g/mol. The maximum absolute atomic E-state index is 11.9. The summed E-state index contributed by atoms with van der Waals surface area (Å²) < 4.78 is 33.4. The highest BCUT2D eigenvalue weighted by atomic mass is 32.2. The average molecular weight is 363 g/mol. The average Bonchev–Trinajstić information content (AvgIpc) is 2.58. The summed E-state index contributed by atoms with van der Waals surface area (Å²) in [6.45, 7) is 0.365. The van der Waals surface area contributed by atoms with E-state index in [0.29, 0.717) is 36.6 Å². The molecule has 0 aliphatic carbocycles. The van der Waals surface area contributed by atoms with Crippen molar-refractivity contribution in [3.63, 3.8) is 0 Å². The van der Waals surface area contributed by atoms with Gasteiger partial charge in [-0.15, -0.1) is 0 Å². The molecular formula is C18H21NO5S. The van der Waals surface area contributed by atoms with Crippen LogP contribution >= 0.6 is 0 Å². The second-order valence-corrected chi connectivity index (χ2v) is 7.49. The number of ether oxygens (including phenoxy) is 2. The van der Waals surface area contributed by atoms with E-state index in [9.17, 15) is 13.2 Å². The van der Waals surface area contributed by atoms with Crippen molar-refractivity contribution < 1.29 is 22.7 Å². The van der Waals surface area contributed by atoms with Gasteiger partial charge in [-0.3, -0.25) is 4.79 Å². The number of hydrogen-bond acceptors (Lipinski definition) is 5. The van der Waals surface area contributed by atoms with E-state index in [1.807, 2.05) is 0 Å². The number of amides is 1. The number of rotatable bonds is 8. The van der Waals surface area contributed by atoms with Gasteiger partial charge in [0.05, 0.1) is 18.6 Å². The molecule has 0 aliphatic rings. The lowest BCUT2D eigenvalue weighted by Crippen LogP contribution is -2.12. The van der Waals surface area contributed by atoms with Crippen molar-refractivity contribution in [3.8, 4) is 11.5 Å². The van der Waals surface area contributed by atoms with Crippen molar-refractivity contribution in [2.45, 2.75) is 17.7 Å². The summed E-state index contributed by atoms with van der Waals surface area (Å²) in [5, 5.41) is 2.80. The molecule has 0 fully saturated rings. The Morgan fingerprint density at radius 2 is 1.80 bits per heavy atom. The van der Waals surface area contributed by atoms with Crippen LogP contribution in [0.2, 0.25) is 0 Å². The quantitative estimate of drug-likeness (QED) is 0.729. The van der Waals surface area contributed by atoms with E-state index in [-0.39, 0.29) is 10.8 Å². The normalized spacial score (nSPS) is 11.0. The van der Waals surface area contributed by atoms with E-state index in [0.717, 1.165) is 6.26 Å². The van der Waals surface area contributed by atoms with E-state index in [1.165, 1.54) is 12.1 Å². The Morgan fingerprint density at radius 3 is 2.44 bits per heavy atom. The van der Waals surface area contributed by atoms with Gasteiger partial charge in [0, 0.05) is 24.4 Å². The zero-order valence-electron chi connectivity index (χ0n) is 14.2. The molecule has 0 heterocycles. The molecule has 0 aliphatic heterocycles. The Hall–Kier alpha value is -2.54. The molecule has 0 aromatic heterocycles. The van der Waals surface area contributed by atoms with Crippen LogP contribution in [-0.4, -0.2) is 34.3 Å². The molecule has 0 radical (unpaired) electrons. The molecule has 0 saturated heterocycles. The number of carbonyl (C=O) groups excluding carboxylic acids is 1. The number of anilines is 1. The molecule has 7 heteroatoms. The summed E-state index contributed by atoms with van der Waals surface area (Å²) in [7, 11) is -1.64. The minimum atomic E-state index is -3.21. The fourth-order valence-electron chi connectivity index (χ4n) is 2.13. The standard InChI is InChI=1S/C18H21NO5S/c1-23-16-6-3-5-14(13-16)19-18(20)7-4-12-24-15-8-10-17(11-9-15)25(2,21)22/h3,5-6,8-11,13H,4,7,12H2,1-2H3,(H,19,20). The first-order chi connectivity index (χ1) is 11.9. The second-order valence-electron chi connectivity index (χ2n) is 5.48. The smallest absolute Gasteiger partial charge is 0.224 e. The summed E-state index contributed by atoms with van der Waals surface area (Å²) >= 11 is 0. The van der Waals surface area contributed by atoms with E-state index in [1.54, 1.807) is 43.5 Å². The Labute approximate surface area is 147 Å². The van der Waals surface area contributed by atoms with Gasteiger partial charge in [0.2, 0.25) is 5.91 Å². The number of carbonyl (C=O) groups is 1. The molecule has 6 nitrogen and oxygen atoms in total. The Bertz CT molecular complexity index is 816. The molecule has 0 spiro atoms. The lowest BCUT2D eigenvalue weighted by Gasteiger charge is -2.08. The van der Waals surface area contributed by atoms with E-state index in [2.05, 4.69) is 5.32 Å². The van der Waals surface area contributed by atoms with Gasteiger partial charge in [0.1, 0.15) is 11.5 Å². The zero-order valence-corrected chi connectivity index (χ0v) is 15.0.